The summed E-state index contributed by atoms with van der Waals surface area (Å²) >= 11 is 3.21. The largest absolute Gasteiger partial charge is 0.330 e. The van der Waals surface area contributed by atoms with Gasteiger partial charge in [0.1, 0.15) is 0 Å². The van der Waals surface area contributed by atoms with E-state index in [-0.39, 0.29) is 38.5 Å². The van der Waals surface area contributed by atoms with Gasteiger partial charge in [-0.25, -0.2) is 0 Å². The van der Waals surface area contributed by atoms with Crippen molar-refractivity contribution in [1.82, 2.24) is 9.80 Å². The molecule has 0 spiro atoms. The summed E-state index contributed by atoms with van der Waals surface area (Å²) in [4.78, 5) is 49.3. The van der Waals surface area contributed by atoms with E-state index in [1.165, 1.54) is 9.80 Å². The van der Waals surface area contributed by atoms with Crippen LogP contribution in [0.25, 0.3) is 0 Å². The molecule has 2 aromatic rings. The van der Waals surface area contributed by atoms with E-state index in [0.29, 0.717) is 40.7 Å². The van der Waals surface area contributed by atoms with E-state index >= 15 is 0 Å². The van der Waals surface area contributed by atoms with Crippen LogP contribution in [0, 0.1) is 0 Å². The van der Waals surface area contributed by atoms with Gasteiger partial charge in [0.15, 0.2) is 0 Å². The summed E-state index contributed by atoms with van der Waals surface area (Å²) in [6.45, 7) is 5.75. The maximum Gasteiger partial charge on any atom is 0.261 e. The lowest BCUT2D eigenvalue weighted by Gasteiger charge is -2.11. The van der Waals surface area contributed by atoms with Crippen LogP contribution >= 0.6 is 15.9 Å². The van der Waals surface area contributed by atoms with Crippen molar-refractivity contribution in [2.75, 3.05) is 25.0 Å². The monoisotopic (exact) mass is 533 g/mol. The van der Waals surface area contributed by atoms with Gasteiger partial charge in [0.05, 0.1) is 22.3 Å². The summed E-state index contributed by atoms with van der Waals surface area (Å²) in [5.74, 6) is -0.699. The predicted molar refractivity (Wildman–Crippen MR) is 141 cm³/mol. The van der Waals surface area contributed by atoms with Crippen molar-refractivity contribution >= 4 is 39.6 Å². The molecule has 7 nitrogen and oxygen atoms in total. The molecule has 0 saturated carbocycles. The number of benzene rings is 2. The molecular formula is C26H36BrN3O4. The Morgan fingerprint density at radius 3 is 1.18 bits per heavy atom. The second kappa shape index (κ2) is 15.1. The molecule has 0 aliphatic carbocycles. The number of nitrogens with zero attached hydrogens (tertiary/aromatic N) is 2. The van der Waals surface area contributed by atoms with E-state index in [0.717, 1.165) is 19.4 Å². The fraction of sp³-hybridized carbons (Fsp3) is 0.385. The van der Waals surface area contributed by atoms with Crippen LogP contribution < -0.4 is 5.73 Å². The molecule has 0 radical (unpaired) electrons. The van der Waals surface area contributed by atoms with Gasteiger partial charge in [-0.2, -0.15) is 0 Å². The second-order valence-electron chi connectivity index (χ2n) is 7.09. The minimum absolute atomic E-state index is 0. The lowest BCUT2D eigenvalue weighted by atomic mass is 10.1. The standard InChI is InChI=1S/C11H11NO2.C10H8BrNO2.C3H9N.2CH4/c1-2-7-12-10(13)8-5-3-4-6-9(8)11(12)14;11-5-6-12-9(13)7-3-1-2-4-8(7)10(12)14;1-2-3-4;;/h3-6H,2,7H2,1H3;1-4H,5-6H2;2-4H2,1H3;2*1H4. The van der Waals surface area contributed by atoms with Crippen LogP contribution in [0.3, 0.4) is 0 Å². The molecular weight excluding hydrogens is 498 g/mol. The van der Waals surface area contributed by atoms with Crippen LogP contribution in [-0.2, 0) is 0 Å². The molecule has 186 valence electrons. The summed E-state index contributed by atoms with van der Waals surface area (Å²) in [7, 11) is 0. The molecule has 2 aromatic carbocycles. The van der Waals surface area contributed by atoms with Crippen LogP contribution in [0.5, 0.6) is 0 Å². The van der Waals surface area contributed by atoms with E-state index in [9.17, 15) is 19.2 Å². The summed E-state index contributed by atoms with van der Waals surface area (Å²) in [6.07, 6.45) is 1.89. The smallest absolute Gasteiger partial charge is 0.261 e. The second-order valence-corrected chi connectivity index (χ2v) is 7.89. The first-order valence-electron chi connectivity index (χ1n) is 10.6. The fourth-order valence-electron chi connectivity index (χ4n) is 3.19. The highest BCUT2D eigenvalue weighted by molar-refractivity contribution is 9.09. The minimum atomic E-state index is -0.190. The number of fused-ring (bicyclic) bond motifs is 2. The molecule has 2 heterocycles. The third-order valence-corrected chi connectivity index (χ3v) is 5.16. The number of imide groups is 2. The summed E-state index contributed by atoms with van der Waals surface area (Å²) in [5, 5.41) is 0.610. The quantitative estimate of drug-likeness (QED) is 0.430. The van der Waals surface area contributed by atoms with Crippen molar-refractivity contribution in [1.29, 1.82) is 0 Å². The Morgan fingerprint density at radius 1 is 0.647 bits per heavy atom. The van der Waals surface area contributed by atoms with Crippen LogP contribution in [0.15, 0.2) is 48.5 Å². The molecule has 0 saturated heterocycles. The maximum absolute atomic E-state index is 11.7. The van der Waals surface area contributed by atoms with Gasteiger partial charge in [-0.15, -0.1) is 0 Å². The summed E-state index contributed by atoms with van der Waals surface area (Å²) in [5.41, 5.74) is 7.12. The SMILES string of the molecule is C.C.CCCN.CCCN1C(=O)c2ccccc2C1=O.O=C1c2ccccc2C(=O)N1CCBr. The fourth-order valence-corrected chi connectivity index (χ4v) is 3.55. The number of nitrogens with two attached hydrogens (primary N) is 1. The number of hydrogen-bond acceptors (Lipinski definition) is 5. The van der Waals surface area contributed by atoms with Gasteiger partial charge in [0.25, 0.3) is 23.6 Å². The molecule has 8 heteroatoms. The Hall–Kier alpha value is -2.84. The lowest BCUT2D eigenvalue weighted by Crippen LogP contribution is -2.31. The number of hydrogen-bond donors (Lipinski definition) is 1. The first-order chi connectivity index (χ1) is 15.4. The third-order valence-electron chi connectivity index (χ3n) is 4.80. The van der Waals surface area contributed by atoms with Crippen LogP contribution in [-0.4, -0.2) is 58.4 Å². The Labute approximate surface area is 211 Å². The molecule has 0 aromatic heterocycles. The minimum Gasteiger partial charge on any atom is -0.330 e. The molecule has 0 fully saturated rings. The number of amides is 4. The van der Waals surface area contributed by atoms with E-state index in [4.69, 9.17) is 5.73 Å². The van der Waals surface area contributed by atoms with Crippen molar-refractivity contribution in [3.63, 3.8) is 0 Å². The van der Waals surface area contributed by atoms with Crippen LogP contribution in [0.4, 0.5) is 0 Å². The van der Waals surface area contributed by atoms with Crippen molar-refractivity contribution in [3.05, 3.63) is 70.8 Å². The molecule has 2 N–H and O–H groups in total. The topological polar surface area (TPSA) is 101 Å². The molecule has 2 aliphatic rings. The Bertz CT molecular complexity index is 844. The van der Waals surface area contributed by atoms with E-state index < -0.39 is 0 Å². The summed E-state index contributed by atoms with van der Waals surface area (Å²) < 4.78 is 0. The van der Waals surface area contributed by atoms with Gasteiger partial charge >= 0.3 is 0 Å². The third kappa shape index (κ3) is 6.84. The zero-order chi connectivity index (χ0) is 23.7. The van der Waals surface area contributed by atoms with E-state index in [1.807, 2.05) is 6.92 Å². The summed E-state index contributed by atoms with van der Waals surface area (Å²) in [6, 6.07) is 13.9. The van der Waals surface area contributed by atoms with E-state index in [1.54, 1.807) is 48.5 Å². The molecule has 4 rings (SSSR count). The predicted octanol–water partition coefficient (Wildman–Crippen LogP) is 5.00. The molecule has 2 aliphatic heterocycles. The van der Waals surface area contributed by atoms with Crippen molar-refractivity contribution in [2.45, 2.75) is 41.5 Å². The molecule has 4 amide bonds. The number of rotatable bonds is 5. The van der Waals surface area contributed by atoms with E-state index in [2.05, 4.69) is 22.9 Å². The van der Waals surface area contributed by atoms with Crippen LogP contribution in [0.2, 0.25) is 0 Å². The van der Waals surface area contributed by atoms with Crippen LogP contribution in [0.1, 0.15) is 83.0 Å². The number of halogens is 1. The Morgan fingerprint density at radius 2 is 0.941 bits per heavy atom. The highest BCUT2D eigenvalue weighted by atomic mass is 79.9. The first-order valence-corrected chi connectivity index (χ1v) is 11.7. The maximum atomic E-state index is 11.7. The van der Waals surface area contributed by atoms with Crippen molar-refractivity contribution in [3.8, 4) is 0 Å². The Balaban J connectivity index is 0.000000528. The van der Waals surface area contributed by atoms with Gasteiger partial charge in [0.2, 0.25) is 0 Å². The van der Waals surface area contributed by atoms with Gasteiger partial charge in [0, 0.05) is 18.4 Å². The Kier molecular flexibility index (Phi) is 13.9. The lowest BCUT2D eigenvalue weighted by molar-refractivity contribution is 0.0643. The molecule has 34 heavy (non-hydrogen) atoms. The molecule has 0 atom stereocenters. The number of carbonyl (C=O) groups excluding carboxylic acids is 4. The highest BCUT2D eigenvalue weighted by Crippen LogP contribution is 2.23. The van der Waals surface area contributed by atoms with Crippen molar-refractivity contribution in [2.24, 2.45) is 5.73 Å². The number of carbonyl (C=O) groups is 4. The van der Waals surface area contributed by atoms with Crippen molar-refractivity contribution < 1.29 is 19.2 Å². The highest BCUT2D eigenvalue weighted by Gasteiger charge is 2.35. The zero-order valence-electron chi connectivity index (χ0n) is 18.3. The van der Waals surface area contributed by atoms with Gasteiger partial charge in [-0.05, 0) is 43.7 Å². The van der Waals surface area contributed by atoms with Gasteiger partial charge in [-0.3, -0.25) is 29.0 Å². The zero-order valence-corrected chi connectivity index (χ0v) is 19.9. The average molecular weight is 534 g/mol. The molecule has 0 unspecified atom stereocenters. The first kappa shape index (κ1) is 31.2. The number of alkyl halides is 1. The molecule has 0 bridgehead atoms. The van der Waals surface area contributed by atoms with Gasteiger partial charge in [-0.1, -0.05) is 68.9 Å². The van der Waals surface area contributed by atoms with Gasteiger partial charge < -0.3 is 5.73 Å². The normalized spacial score (nSPS) is 13.1. The average Bonchev–Trinajstić information content (AvgIpc) is 3.21.